The van der Waals surface area contributed by atoms with Gasteiger partial charge >= 0.3 is 0 Å². The molecule has 0 saturated heterocycles. The summed E-state index contributed by atoms with van der Waals surface area (Å²) in [5.41, 5.74) is 6.24. The van der Waals surface area contributed by atoms with Crippen LogP contribution in [-0.2, 0) is 6.54 Å². The molecule has 2 aromatic rings. The second-order valence-corrected chi connectivity index (χ2v) is 5.15. The molecule has 1 amide bonds. The number of carbonyl (C=O) groups excluding carboxylic acids is 1. The lowest BCUT2D eigenvalue weighted by Crippen LogP contribution is -2.24. The van der Waals surface area contributed by atoms with Crippen molar-refractivity contribution in [2.24, 2.45) is 0 Å². The highest BCUT2D eigenvalue weighted by atomic mass is 19.1. The molecule has 0 radical (unpaired) electrons. The van der Waals surface area contributed by atoms with Crippen LogP contribution in [0, 0.1) is 17.7 Å². The largest absolute Gasteiger partial charge is 0.490 e. The van der Waals surface area contributed by atoms with Gasteiger partial charge in [-0.2, -0.15) is 0 Å². The van der Waals surface area contributed by atoms with Gasteiger partial charge in [0.15, 0.2) is 11.6 Å². The molecular formula is C19H20FN3O2. The summed E-state index contributed by atoms with van der Waals surface area (Å²) in [6.45, 7) is 2.29. The highest BCUT2D eigenvalue weighted by molar-refractivity contribution is 5.98. The van der Waals surface area contributed by atoms with Crippen molar-refractivity contribution in [3.63, 3.8) is 0 Å². The normalized spacial score (nSPS) is 9.84. The number of amides is 1. The molecule has 2 rings (SSSR count). The fourth-order valence-corrected chi connectivity index (χ4v) is 2.11. The van der Waals surface area contributed by atoms with Gasteiger partial charge in [0, 0.05) is 31.1 Å². The predicted molar refractivity (Wildman–Crippen MR) is 94.4 cm³/mol. The molecule has 0 saturated carbocycles. The van der Waals surface area contributed by atoms with Gasteiger partial charge in [0.1, 0.15) is 5.82 Å². The number of pyridine rings is 1. The van der Waals surface area contributed by atoms with E-state index >= 15 is 0 Å². The van der Waals surface area contributed by atoms with Gasteiger partial charge in [-0.15, -0.1) is 5.92 Å². The first-order valence-electron chi connectivity index (χ1n) is 7.98. The number of anilines is 1. The standard InChI is InChI=1S/C19H20FN3O2/c1-2-3-4-5-12-25-16-10-6-8-14(17(16)20)13-23-19(24)15-9-7-11-22-18(15)21/h6-11H,2,5,12-13H2,1H3,(H2,21,22)(H,23,24). The summed E-state index contributed by atoms with van der Waals surface area (Å²) >= 11 is 0. The third-order valence-electron chi connectivity index (χ3n) is 3.35. The topological polar surface area (TPSA) is 77.2 Å². The van der Waals surface area contributed by atoms with E-state index in [0.29, 0.717) is 18.6 Å². The van der Waals surface area contributed by atoms with E-state index in [1.165, 1.54) is 6.20 Å². The number of nitrogens with zero attached hydrogens (tertiary/aromatic N) is 1. The summed E-state index contributed by atoms with van der Waals surface area (Å²) < 4.78 is 19.8. The number of carbonyl (C=O) groups is 1. The van der Waals surface area contributed by atoms with E-state index in [1.807, 2.05) is 6.92 Å². The van der Waals surface area contributed by atoms with Gasteiger partial charge in [0.2, 0.25) is 0 Å². The maximum Gasteiger partial charge on any atom is 0.255 e. The van der Waals surface area contributed by atoms with E-state index in [9.17, 15) is 9.18 Å². The van der Waals surface area contributed by atoms with Crippen LogP contribution in [0.1, 0.15) is 35.7 Å². The summed E-state index contributed by atoms with van der Waals surface area (Å²) in [6.07, 6.45) is 2.82. The highest BCUT2D eigenvalue weighted by Gasteiger charge is 2.13. The fraction of sp³-hybridized carbons (Fsp3) is 0.263. The third-order valence-corrected chi connectivity index (χ3v) is 3.35. The first-order valence-corrected chi connectivity index (χ1v) is 7.98. The van der Waals surface area contributed by atoms with Gasteiger partial charge in [-0.05, 0) is 18.2 Å². The van der Waals surface area contributed by atoms with E-state index in [2.05, 4.69) is 22.1 Å². The number of halogens is 1. The summed E-state index contributed by atoms with van der Waals surface area (Å²) in [6, 6.07) is 7.99. The van der Waals surface area contributed by atoms with Crippen LogP contribution in [0.25, 0.3) is 0 Å². The lowest BCUT2D eigenvalue weighted by atomic mass is 10.2. The quantitative estimate of drug-likeness (QED) is 0.626. The average Bonchev–Trinajstić information content (AvgIpc) is 2.62. The van der Waals surface area contributed by atoms with Crippen molar-refractivity contribution >= 4 is 11.7 Å². The van der Waals surface area contributed by atoms with Crippen LogP contribution in [0.3, 0.4) is 0 Å². The van der Waals surface area contributed by atoms with Gasteiger partial charge in [-0.1, -0.05) is 25.0 Å². The molecule has 0 fully saturated rings. The van der Waals surface area contributed by atoms with Crippen LogP contribution in [0.2, 0.25) is 0 Å². The van der Waals surface area contributed by atoms with Gasteiger partial charge < -0.3 is 15.8 Å². The Balaban J connectivity index is 1.97. The number of hydrogen-bond acceptors (Lipinski definition) is 4. The van der Waals surface area contributed by atoms with E-state index in [-0.39, 0.29) is 23.7 Å². The van der Waals surface area contributed by atoms with Gasteiger partial charge in [-0.25, -0.2) is 9.37 Å². The number of rotatable bonds is 6. The Labute approximate surface area is 146 Å². The minimum absolute atomic E-state index is 0.0197. The Bertz CT molecular complexity index is 797. The van der Waals surface area contributed by atoms with Gasteiger partial charge in [0.25, 0.3) is 5.91 Å². The zero-order valence-corrected chi connectivity index (χ0v) is 14.0. The summed E-state index contributed by atoms with van der Waals surface area (Å²) in [4.78, 5) is 16.0. The number of nitrogens with two attached hydrogens (primary N) is 1. The number of aromatic nitrogens is 1. The molecular weight excluding hydrogens is 321 g/mol. The molecule has 0 aliphatic heterocycles. The predicted octanol–water partition coefficient (Wildman–Crippen LogP) is 2.92. The van der Waals surface area contributed by atoms with Crippen molar-refractivity contribution in [2.45, 2.75) is 26.3 Å². The van der Waals surface area contributed by atoms with Crippen LogP contribution >= 0.6 is 0 Å². The first-order chi connectivity index (χ1) is 12.1. The molecule has 0 aliphatic rings. The number of benzene rings is 1. The number of ether oxygens (including phenoxy) is 1. The summed E-state index contributed by atoms with van der Waals surface area (Å²) in [5, 5.41) is 2.63. The van der Waals surface area contributed by atoms with Crippen molar-refractivity contribution < 1.29 is 13.9 Å². The van der Waals surface area contributed by atoms with Crippen molar-refractivity contribution in [3.05, 3.63) is 53.5 Å². The second-order valence-electron chi connectivity index (χ2n) is 5.15. The maximum absolute atomic E-state index is 14.4. The molecule has 0 atom stereocenters. The van der Waals surface area contributed by atoms with Crippen molar-refractivity contribution in [3.8, 4) is 17.6 Å². The average molecular weight is 341 g/mol. The van der Waals surface area contributed by atoms with Crippen LogP contribution in [0.5, 0.6) is 5.75 Å². The summed E-state index contributed by atoms with van der Waals surface area (Å²) in [7, 11) is 0. The van der Waals surface area contributed by atoms with Crippen LogP contribution in [0.4, 0.5) is 10.2 Å². The Hall–Kier alpha value is -3.07. The fourth-order valence-electron chi connectivity index (χ4n) is 2.11. The van der Waals surface area contributed by atoms with Gasteiger partial charge in [0.05, 0.1) is 12.2 Å². The number of hydrogen-bond donors (Lipinski definition) is 2. The molecule has 25 heavy (non-hydrogen) atoms. The zero-order chi connectivity index (χ0) is 18.1. The first kappa shape index (κ1) is 18.3. The lowest BCUT2D eigenvalue weighted by Gasteiger charge is -2.11. The van der Waals surface area contributed by atoms with E-state index in [1.54, 1.807) is 30.3 Å². The molecule has 5 nitrogen and oxygen atoms in total. The van der Waals surface area contributed by atoms with Crippen molar-refractivity contribution in [1.82, 2.24) is 10.3 Å². The maximum atomic E-state index is 14.4. The number of nitrogens with one attached hydrogen (secondary N) is 1. The van der Waals surface area contributed by atoms with Crippen molar-refractivity contribution in [2.75, 3.05) is 12.3 Å². The minimum atomic E-state index is -0.495. The lowest BCUT2D eigenvalue weighted by molar-refractivity contribution is 0.0951. The van der Waals surface area contributed by atoms with Crippen LogP contribution in [0.15, 0.2) is 36.5 Å². The molecule has 1 heterocycles. The van der Waals surface area contributed by atoms with E-state index in [0.717, 1.165) is 6.42 Å². The van der Waals surface area contributed by atoms with Crippen LogP contribution in [-0.4, -0.2) is 17.5 Å². The van der Waals surface area contributed by atoms with E-state index < -0.39 is 11.7 Å². The Morgan fingerprint density at radius 3 is 2.92 bits per heavy atom. The summed E-state index contributed by atoms with van der Waals surface area (Å²) in [5.74, 6) is 5.23. The molecule has 0 unspecified atom stereocenters. The highest BCUT2D eigenvalue weighted by Crippen LogP contribution is 2.20. The Kier molecular flexibility index (Phi) is 6.78. The monoisotopic (exact) mass is 341 g/mol. The number of nitrogen functional groups attached to an aromatic ring is 1. The Morgan fingerprint density at radius 1 is 1.32 bits per heavy atom. The Morgan fingerprint density at radius 2 is 2.16 bits per heavy atom. The second kappa shape index (κ2) is 9.28. The molecule has 1 aromatic carbocycles. The molecule has 0 aliphatic carbocycles. The minimum Gasteiger partial charge on any atom is -0.490 e. The SMILES string of the molecule is CCC#CCCOc1cccc(CNC(=O)c2cccnc2N)c1F. The smallest absolute Gasteiger partial charge is 0.255 e. The molecule has 0 bridgehead atoms. The molecule has 130 valence electrons. The third kappa shape index (κ3) is 5.21. The molecule has 1 aromatic heterocycles. The van der Waals surface area contributed by atoms with E-state index in [4.69, 9.17) is 10.5 Å². The molecule has 0 spiro atoms. The van der Waals surface area contributed by atoms with Gasteiger partial charge in [-0.3, -0.25) is 4.79 Å². The van der Waals surface area contributed by atoms with Crippen molar-refractivity contribution in [1.29, 1.82) is 0 Å². The molecule has 3 N–H and O–H groups in total. The zero-order valence-electron chi connectivity index (χ0n) is 14.0. The van der Waals surface area contributed by atoms with Crippen LogP contribution < -0.4 is 15.8 Å². The molecule has 6 heteroatoms.